The molecule has 0 saturated carbocycles. The van der Waals surface area contributed by atoms with Crippen molar-refractivity contribution in [3.8, 4) is 11.1 Å². The van der Waals surface area contributed by atoms with Gasteiger partial charge in [-0.15, -0.1) is 0 Å². The number of hydrogen-bond acceptors (Lipinski definition) is 3. The van der Waals surface area contributed by atoms with Gasteiger partial charge in [0.1, 0.15) is 0 Å². The highest BCUT2D eigenvalue weighted by Gasteiger charge is 2.05. The Kier molecular flexibility index (Phi) is 5.28. The van der Waals surface area contributed by atoms with Gasteiger partial charge in [0, 0.05) is 23.6 Å². The van der Waals surface area contributed by atoms with Gasteiger partial charge in [-0.3, -0.25) is 0 Å². The zero-order chi connectivity index (χ0) is 18.5. The van der Waals surface area contributed by atoms with E-state index >= 15 is 0 Å². The molecule has 0 aliphatic rings. The van der Waals surface area contributed by atoms with Crippen LogP contribution in [0, 0.1) is 19.4 Å². The minimum Gasteiger partial charge on any atom is -0.324 e. The molecular weight excluding hydrogens is 320 g/mol. The molecule has 0 fully saturated rings. The second-order valence-electron chi connectivity index (χ2n) is 6.83. The molecule has 0 amide bonds. The first kappa shape index (κ1) is 17.6. The van der Waals surface area contributed by atoms with E-state index in [1.807, 2.05) is 25.1 Å². The van der Waals surface area contributed by atoms with Crippen molar-refractivity contribution in [3.05, 3.63) is 77.4 Å². The van der Waals surface area contributed by atoms with E-state index in [9.17, 15) is 0 Å². The highest BCUT2D eigenvalue weighted by atomic mass is 15.1. The van der Waals surface area contributed by atoms with Crippen molar-refractivity contribution in [2.45, 2.75) is 27.2 Å². The van der Waals surface area contributed by atoms with Gasteiger partial charge < -0.3 is 5.32 Å². The molecule has 2 aromatic carbocycles. The van der Waals surface area contributed by atoms with Gasteiger partial charge in [-0.1, -0.05) is 44.2 Å². The average Bonchev–Trinajstić information content (AvgIpc) is 2.63. The molecule has 0 saturated heterocycles. The number of nitrogens with zero attached hydrogens (tertiary/aromatic N) is 3. The van der Waals surface area contributed by atoms with Crippen LogP contribution in [0.1, 0.15) is 25.0 Å². The van der Waals surface area contributed by atoms with E-state index < -0.39 is 0 Å². The maximum absolute atomic E-state index is 7.13. The largest absolute Gasteiger partial charge is 0.324 e. The van der Waals surface area contributed by atoms with Gasteiger partial charge in [-0.25, -0.2) is 14.8 Å². The smallest absolute Gasteiger partial charge is 0.227 e. The summed E-state index contributed by atoms with van der Waals surface area (Å²) in [5.74, 6) is 1.22. The van der Waals surface area contributed by atoms with E-state index in [1.54, 1.807) is 12.4 Å². The lowest BCUT2D eigenvalue weighted by atomic mass is 10.0. The highest BCUT2D eigenvalue weighted by Crippen LogP contribution is 2.26. The Labute approximate surface area is 154 Å². The molecule has 4 heteroatoms. The summed E-state index contributed by atoms with van der Waals surface area (Å²) in [5, 5.41) is 3.23. The van der Waals surface area contributed by atoms with Crippen LogP contribution in [0.3, 0.4) is 0 Å². The van der Waals surface area contributed by atoms with Crippen molar-refractivity contribution < 1.29 is 0 Å². The van der Waals surface area contributed by atoms with Crippen molar-refractivity contribution in [2.24, 2.45) is 5.92 Å². The monoisotopic (exact) mass is 342 g/mol. The summed E-state index contributed by atoms with van der Waals surface area (Å²) in [6, 6.07) is 14.1. The first-order chi connectivity index (χ1) is 12.5. The van der Waals surface area contributed by atoms with E-state index in [0.29, 0.717) is 17.6 Å². The van der Waals surface area contributed by atoms with Gasteiger partial charge in [-0.05, 0) is 48.1 Å². The molecule has 3 rings (SSSR count). The van der Waals surface area contributed by atoms with Crippen LogP contribution in [0.2, 0.25) is 0 Å². The van der Waals surface area contributed by atoms with Crippen LogP contribution in [-0.4, -0.2) is 9.97 Å². The van der Waals surface area contributed by atoms with E-state index in [1.165, 1.54) is 5.56 Å². The predicted molar refractivity (Wildman–Crippen MR) is 107 cm³/mol. The fraction of sp³-hybridized carbons (Fsp3) is 0.227. The van der Waals surface area contributed by atoms with Crippen LogP contribution in [0.5, 0.6) is 0 Å². The highest BCUT2D eigenvalue weighted by molar-refractivity contribution is 5.68. The quantitative estimate of drug-likeness (QED) is 0.583. The fourth-order valence-corrected chi connectivity index (χ4v) is 2.83. The molecule has 26 heavy (non-hydrogen) atoms. The average molecular weight is 342 g/mol. The molecule has 0 radical (unpaired) electrons. The maximum atomic E-state index is 7.13. The lowest BCUT2D eigenvalue weighted by Crippen LogP contribution is -1.98. The predicted octanol–water partition coefficient (Wildman–Crippen LogP) is 5.94. The summed E-state index contributed by atoms with van der Waals surface area (Å²) in [6.45, 7) is 13.5. The first-order valence-corrected chi connectivity index (χ1v) is 8.71. The van der Waals surface area contributed by atoms with Gasteiger partial charge in [0.2, 0.25) is 5.95 Å². The third kappa shape index (κ3) is 4.25. The molecule has 0 spiro atoms. The molecule has 1 N–H and O–H groups in total. The number of rotatable bonds is 5. The fourth-order valence-electron chi connectivity index (χ4n) is 2.83. The third-order valence-electron chi connectivity index (χ3n) is 4.16. The van der Waals surface area contributed by atoms with Crippen LogP contribution >= 0.6 is 0 Å². The number of nitrogens with one attached hydrogen (secondary N) is 1. The lowest BCUT2D eigenvalue weighted by molar-refractivity contribution is 0.647. The van der Waals surface area contributed by atoms with Gasteiger partial charge in [-0.2, -0.15) is 0 Å². The molecule has 1 aromatic heterocycles. The third-order valence-corrected chi connectivity index (χ3v) is 4.16. The Hall–Kier alpha value is -3.19. The second-order valence-corrected chi connectivity index (χ2v) is 6.83. The van der Waals surface area contributed by atoms with Crippen LogP contribution < -0.4 is 5.32 Å². The standard InChI is InChI=1S/C22H22N4/c1-15(2)11-17-5-8-20(9-6-17)26-22-24-13-19(14-25-22)18-7-10-21(23-4)16(3)12-18/h5-10,12-15H,11H2,1-3H3,(H,24,25,26). The zero-order valence-electron chi connectivity index (χ0n) is 15.3. The molecule has 0 atom stereocenters. The molecule has 0 bridgehead atoms. The Morgan fingerprint density at radius 2 is 1.69 bits per heavy atom. The van der Waals surface area contributed by atoms with Crippen LogP contribution in [0.25, 0.3) is 16.0 Å². The number of benzene rings is 2. The van der Waals surface area contributed by atoms with Crippen LogP contribution in [0.15, 0.2) is 54.9 Å². The number of aryl methyl sites for hydroxylation is 1. The van der Waals surface area contributed by atoms with Crippen molar-refractivity contribution in [3.63, 3.8) is 0 Å². The summed E-state index contributed by atoms with van der Waals surface area (Å²) >= 11 is 0. The summed E-state index contributed by atoms with van der Waals surface area (Å²) < 4.78 is 0. The second kappa shape index (κ2) is 7.79. The van der Waals surface area contributed by atoms with Crippen molar-refractivity contribution in [1.82, 2.24) is 9.97 Å². The van der Waals surface area contributed by atoms with Gasteiger partial charge in [0.15, 0.2) is 5.69 Å². The maximum Gasteiger partial charge on any atom is 0.227 e. The zero-order valence-corrected chi connectivity index (χ0v) is 15.3. The van der Waals surface area contributed by atoms with Gasteiger partial charge in [0.05, 0.1) is 6.57 Å². The molecule has 3 aromatic rings. The summed E-state index contributed by atoms with van der Waals surface area (Å²) in [5.41, 5.74) is 5.89. The van der Waals surface area contributed by atoms with E-state index in [0.717, 1.165) is 28.8 Å². The topological polar surface area (TPSA) is 42.2 Å². The summed E-state index contributed by atoms with van der Waals surface area (Å²) in [7, 11) is 0. The Morgan fingerprint density at radius 3 is 2.27 bits per heavy atom. The van der Waals surface area contributed by atoms with Crippen molar-refractivity contribution in [2.75, 3.05) is 5.32 Å². The molecule has 130 valence electrons. The molecular formula is C22H22N4. The molecule has 0 aliphatic carbocycles. The van der Waals surface area contributed by atoms with Crippen LogP contribution in [0.4, 0.5) is 17.3 Å². The molecule has 0 aliphatic heterocycles. The molecule has 4 nitrogen and oxygen atoms in total. The normalized spacial score (nSPS) is 10.6. The number of hydrogen-bond donors (Lipinski definition) is 1. The Morgan fingerprint density at radius 1 is 1.00 bits per heavy atom. The van der Waals surface area contributed by atoms with E-state index in [2.05, 4.69) is 58.2 Å². The molecule has 1 heterocycles. The summed E-state index contributed by atoms with van der Waals surface area (Å²) in [4.78, 5) is 12.3. The molecule has 0 unspecified atom stereocenters. The minimum absolute atomic E-state index is 0.569. The SMILES string of the molecule is [C-]#[N+]c1ccc(-c2cnc(Nc3ccc(CC(C)C)cc3)nc2)cc1C. The summed E-state index contributed by atoms with van der Waals surface area (Å²) in [6.07, 6.45) is 4.68. The van der Waals surface area contributed by atoms with Crippen LogP contribution in [-0.2, 0) is 6.42 Å². The first-order valence-electron chi connectivity index (χ1n) is 8.71. The van der Waals surface area contributed by atoms with E-state index in [-0.39, 0.29) is 0 Å². The Balaban J connectivity index is 1.72. The minimum atomic E-state index is 0.569. The van der Waals surface area contributed by atoms with Crippen molar-refractivity contribution in [1.29, 1.82) is 0 Å². The Bertz CT molecular complexity index is 920. The van der Waals surface area contributed by atoms with Gasteiger partial charge >= 0.3 is 0 Å². The number of aromatic nitrogens is 2. The van der Waals surface area contributed by atoms with Crippen molar-refractivity contribution >= 4 is 17.3 Å². The number of anilines is 2. The van der Waals surface area contributed by atoms with Gasteiger partial charge in [0.25, 0.3) is 0 Å². The lowest BCUT2D eigenvalue weighted by Gasteiger charge is -2.09. The van der Waals surface area contributed by atoms with E-state index in [4.69, 9.17) is 6.57 Å².